The first-order chi connectivity index (χ1) is 8.04. The summed E-state index contributed by atoms with van der Waals surface area (Å²) >= 11 is 0. The highest BCUT2D eigenvalue weighted by Gasteiger charge is 2.34. The lowest BCUT2D eigenvalue weighted by molar-refractivity contribution is 0.410. The minimum atomic E-state index is -3.34. The van der Waals surface area contributed by atoms with Gasteiger partial charge in [-0.3, -0.25) is 0 Å². The van der Waals surface area contributed by atoms with E-state index in [1.807, 2.05) is 20.8 Å². The minimum Gasteiger partial charge on any atom is -0.496 e. The Bertz CT molecular complexity index is 564. The lowest BCUT2D eigenvalue weighted by atomic mass is 10.1. The highest BCUT2D eigenvalue weighted by atomic mass is 32.2. The molecule has 0 fully saturated rings. The normalized spacial score (nSPS) is 12.6. The molecule has 0 N–H and O–H groups in total. The molecule has 0 saturated heterocycles. The number of hydrogen-bond donors (Lipinski definition) is 0. The Morgan fingerprint density at radius 2 is 1.56 bits per heavy atom. The Hall–Kier alpha value is -1.03. The molecule has 0 aliphatic carbocycles. The molecule has 0 spiro atoms. The molecule has 0 aliphatic rings. The van der Waals surface area contributed by atoms with Gasteiger partial charge in [0, 0.05) is 0 Å². The average Bonchev–Trinajstić information content (AvgIpc) is 2.21. The molecule has 0 unspecified atom stereocenters. The maximum atomic E-state index is 12.6. The van der Waals surface area contributed by atoms with Crippen LogP contribution in [0.15, 0.2) is 11.0 Å². The van der Waals surface area contributed by atoms with Crippen molar-refractivity contribution in [3.63, 3.8) is 0 Å². The van der Waals surface area contributed by atoms with Gasteiger partial charge in [-0.1, -0.05) is 0 Å². The van der Waals surface area contributed by atoms with Gasteiger partial charge in [0.25, 0.3) is 0 Å². The predicted molar refractivity (Wildman–Crippen MR) is 74.1 cm³/mol. The summed E-state index contributed by atoms with van der Waals surface area (Å²) in [5.74, 6) is 0.734. The molecule has 1 aromatic rings. The largest absolute Gasteiger partial charge is 0.496 e. The van der Waals surface area contributed by atoms with Gasteiger partial charge in [0.1, 0.15) is 5.75 Å². The topological polar surface area (TPSA) is 43.4 Å². The monoisotopic (exact) mass is 270 g/mol. The quantitative estimate of drug-likeness (QED) is 0.829. The molecule has 0 heterocycles. The van der Waals surface area contributed by atoms with Crippen molar-refractivity contribution < 1.29 is 13.2 Å². The van der Waals surface area contributed by atoms with Crippen LogP contribution in [0.1, 0.15) is 37.5 Å². The van der Waals surface area contributed by atoms with E-state index < -0.39 is 14.6 Å². The van der Waals surface area contributed by atoms with Crippen LogP contribution in [0.4, 0.5) is 0 Å². The van der Waals surface area contributed by atoms with Crippen molar-refractivity contribution in [2.75, 3.05) is 7.11 Å². The van der Waals surface area contributed by atoms with Crippen LogP contribution in [0.5, 0.6) is 5.75 Å². The maximum absolute atomic E-state index is 12.6. The number of benzene rings is 1. The molecule has 0 aliphatic heterocycles. The van der Waals surface area contributed by atoms with Crippen LogP contribution in [0, 0.1) is 20.8 Å². The lowest BCUT2D eigenvalue weighted by Gasteiger charge is -2.24. The molecule has 3 nitrogen and oxygen atoms in total. The predicted octanol–water partition coefficient (Wildman–Crippen LogP) is 3.19. The number of methoxy groups -OCH3 is 1. The molecule has 0 saturated carbocycles. The van der Waals surface area contributed by atoms with Crippen LogP contribution < -0.4 is 4.74 Å². The molecule has 1 aromatic carbocycles. The van der Waals surface area contributed by atoms with Crippen LogP contribution in [-0.2, 0) is 9.84 Å². The number of sulfone groups is 1. The van der Waals surface area contributed by atoms with E-state index in [4.69, 9.17) is 4.74 Å². The van der Waals surface area contributed by atoms with Gasteiger partial charge in [-0.2, -0.15) is 0 Å². The van der Waals surface area contributed by atoms with Gasteiger partial charge in [-0.25, -0.2) is 8.42 Å². The van der Waals surface area contributed by atoms with Crippen molar-refractivity contribution in [1.29, 1.82) is 0 Å². The zero-order valence-corrected chi connectivity index (χ0v) is 13.0. The molecule has 0 radical (unpaired) electrons. The highest BCUT2D eigenvalue weighted by Crippen LogP contribution is 2.35. The van der Waals surface area contributed by atoms with Crippen molar-refractivity contribution in [1.82, 2.24) is 0 Å². The third-order valence-corrected chi connectivity index (χ3v) is 6.05. The van der Waals surface area contributed by atoms with Gasteiger partial charge in [0.05, 0.1) is 16.8 Å². The number of rotatable bonds is 2. The second-order valence-corrected chi connectivity index (χ2v) is 8.23. The van der Waals surface area contributed by atoms with E-state index in [1.165, 1.54) is 0 Å². The van der Waals surface area contributed by atoms with Gasteiger partial charge < -0.3 is 4.74 Å². The molecule has 102 valence electrons. The van der Waals surface area contributed by atoms with Gasteiger partial charge in [0.15, 0.2) is 9.84 Å². The molecule has 0 bridgehead atoms. The molecule has 4 heteroatoms. The Balaban J connectivity index is 3.69. The van der Waals surface area contributed by atoms with Crippen LogP contribution in [0.2, 0.25) is 0 Å². The van der Waals surface area contributed by atoms with E-state index in [0.29, 0.717) is 4.90 Å². The maximum Gasteiger partial charge on any atom is 0.183 e. The van der Waals surface area contributed by atoms with E-state index in [2.05, 4.69) is 0 Å². The summed E-state index contributed by atoms with van der Waals surface area (Å²) in [6.45, 7) is 10.7. The summed E-state index contributed by atoms with van der Waals surface area (Å²) in [7, 11) is -1.74. The zero-order chi connectivity index (χ0) is 14.3. The summed E-state index contributed by atoms with van der Waals surface area (Å²) in [5, 5.41) is 0. The fraction of sp³-hybridized carbons (Fsp3) is 0.571. The van der Waals surface area contributed by atoms with Gasteiger partial charge in [0.2, 0.25) is 0 Å². The summed E-state index contributed by atoms with van der Waals surface area (Å²) in [6.07, 6.45) is 0. The van der Waals surface area contributed by atoms with Crippen LogP contribution >= 0.6 is 0 Å². The van der Waals surface area contributed by atoms with Gasteiger partial charge >= 0.3 is 0 Å². The van der Waals surface area contributed by atoms with E-state index in [-0.39, 0.29) is 0 Å². The van der Waals surface area contributed by atoms with E-state index in [9.17, 15) is 8.42 Å². The lowest BCUT2D eigenvalue weighted by Crippen LogP contribution is -2.29. The Labute approximate surface area is 110 Å². The highest BCUT2D eigenvalue weighted by molar-refractivity contribution is 7.92. The molecule has 0 atom stereocenters. The fourth-order valence-corrected chi connectivity index (χ4v) is 3.60. The zero-order valence-electron chi connectivity index (χ0n) is 12.2. The third kappa shape index (κ3) is 2.26. The number of hydrogen-bond acceptors (Lipinski definition) is 3. The summed E-state index contributed by atoms with van der Waals surface area (Å²) in [5.41, 5.74) is 2.40. The molecule has 0 aromatic heterocycles. The molecular weight excluding hydrogens is 248 g/mol. The number of aryl methyl sites for hydroxylation is 1. The second-order valence-electron chi connectivity index (χ2n) is 5.59. The van der Waals surface area contributed by atoms with Crippen molar-refractivity contribution in [2.24, 2.45) is 0 Å². The van der Waals surface area contributed by atoms with Crippen molar-refractivity contribution >= 4 is 9.84 Å². The Morgan fingerprint density at radius 1 is 1.06 bits per heavy atom. The molecular formula is C14H22O3S. The van der Waals surface area contributed by atoms with Crippen LogP contribution in [0.3, 0.4) is 0 Å². The van der Waals surface area contributed by atoms with Crippen LogP contribution in [-0.4, -0.2) is 20.3 Å². The minimum absolute atomic E-state index is 0.438. The van der Waals surface area contributed by atoms with Gasteiger partial charge in [-0.05, 0) is 64.3 Å². The SMILES string of the molecule is COc1cc(C)c(S(=O)(=O)C(C)(C)C)c(C)c1C. The Morgan fingerprint density at radius 3 is 1.94 bits per heavy atom. The molecule has 0 amide bonds. The summed E-state index contributed by atoms with van der Waals surface area (Å²) in [6, 6.07) is 1.79. The third-order valence-electron chi connectivity index (χ3n) is 3.27. The first-order valence-electron chi connectivity index (χ1n) is 5.93. The first kappa shape index (κ1) is 15.0. The smallest absolute Gasteiger partial charge is 0.183 e. The first-order valence-corrected chi connectivity index (χ1v) is 7.41. The fourth-order valence-electron chi connectivity index (χ4n) is 1.95. The van der Waals surface area contributed by atoms with Crippen molar-refractivity contribution in [3.05, 3.63) is 22.8 Å². The summed E-state index contributed by atoms with van der Waals surface area (Å²) < 4.78 is 29.7. The molecule has 1 rings (SSSR count). The average molecular weight is 270 g/mol. The molecule has 18 heavy (non-hydrogen) atoms. The standard InChI is InChI=1S/C14H22O3S/c1-9-8-12(17-7)10(2)11(3)13(9)18(15,16)14(4,5)6/h8H,1-7H3. The second kappa shape index (κ2) is 4.57. The van der Waals surface area contributed by atoms with Crippen molar-refractivity contribution in [2.45, 2.75) is 51.2 Å². The Kier molecular flexibility index (Phi) is 3.82. The van der Waals surface area contributed by atoms with Crippen molar-refractivity contribution in [3.8, 4) is 5.75 Å². The van der Waals surface area contributed by atoms with E-state index in [1.54, 1.807) is 33.9 Å². The van der Waals surface area contributed by atoms with E-state index in [0.717, 1.165) is 22.4 Å². The number of ether oxygens (including phenoxy) is 1. The van der Waals surface area contributed by atoms with Gasteiger partial charge in [-0.15, -0.1) is 0 Å². The van der Waals surface area contributed by atoms with Crippen LogP contribution in [0.25, 0.3) is 0 Å². The summed E-state index contributed by atoms with van der Waals surface area (Å²) in [4.78, 5) is 0.438. The van der Waals surface area contributed by atoms with E-state index >= 15 is 0 Å².